The molecular weight excluding hydrogens is 429 g/mol. The molecule has 1 heterocycles. The van der Waals surface area contributed by atoms with Gasteiger partial charge in [0.1, 0.15) is 23.2 Å². The quantitative estimate of drug-likeness (QED) is 0.378. The molecule has 1 unspecified atom stereocenters. The van der Waals surface area contributed by atoms with Gasteiger partial charge < -0.3 is 10.1 Å². The van der Waals surface area contributed by atoms with Crippen LogP contribution in [0.15, 0.2) is 60.3 Å². The number of thioether (sulfide) groups is 1. The van der Waals surface area contributed by atoms with E-state index in [2.05, 4.69) is 22.1 Å². The second-order valence-corrected chi connectivity index (χ2v) is 7.36. The van der Waals surface area contributed by atoms with Crippen LogP contribution in [0.3, 0.4) is 0 Å². The molecule has 0 aliphatic heterocycles. The lowest BCUT2D eigenvalue weighted by atomic mass is 10.3. The van der Waals surface area contributed by atoms with Gasteiger partial charge in [0.05, 0.1) is 11.4 Å². The summed E-state index contributed by atoms with van der Waals surface area (Å²) in [4.78, 5) is 12.2. The molecule has 0 saturated heterocycles. The number of hydrogen-bond donors (Lipinski definition) is 1. The van der Waals surface area contributed by atoms with Crippen LogP contribution in [-0.2, 0) is 11.3 Å². The summed E-state index contributed by atoms with van der Waals surface area (Å²) in [5.41, 5.74) is -0.236. The van der Waals surface area contributed by atoms with Crippen molar-refractivity contribution >= 4 is 23.4 Å². The molecule has 162 valence electrons. The zero-order valence-electron chi connectivity index (χ0n) is 16.5. The highest BCUT2D eigenvalue weighted by Crippen LogP contribution is 2.25. The summed E-state index contributed by atoms with van der Waals surface area (Å²) >= 11 is 1.08. The first-order valence-electron chi connectivity index (χ1n) is 9.21. The molecule has 0 radical (unpaired) electrons. The van der Waals surface area contributed by atoms with Gasteiger partial charge in [-0.3, -0.25) is 9.36 Å². The number of nitrogens with one attached hydrogen (secondary N) is 1. The van der Waals surface area contributed by atoms with Gasteiger partial charge in [0.25, 0.3) is 0 Å². The average molecular weight is 448 g/mol. The summed E-state index contributed by atoms with van der Waals surface area (Å²) in [5, 5.41) is 11.0. The number of carbonyl (C=O) groups is 1. The number of carbonyl (C=O) groups excluding carboxylic acids is 1. The highest BCUT2D eigenvalue weighted by molar-refractivity contribution is 7.99. The van der Waals surface area contributed by atoms with E-state index in [1.807, 2.05) is 0 Å². The van der Waals surface area contributed by atoms with Crippen LogP contribution in [-0.4, -0.2) is 26.4 Å². The van der Waals surface area contributed by atoms with E-state index in [0.717, 1.165) is 30.0 Å². The van der Waals surface area contributed by atoms with Crippen LogP contribution in [0.2, 0.25) is 0 Å². The number of amides is 1. The smallest absolute Gasteiger partial charge is 0.234 e. The van der Waals surface area contributed by atoms with Gasteiger partial charge in [-0.25, -0.2) is 13.2 Å². The zero-order valence-corrected chi connectivity index (χ0v) is 17.3. The van der Waals surface area contributed by atoms with Crippen LogP contribution < -0.4 is 10.1 Å². The summed E-state index contributed by atoms with van der Waals surface area (Å²) in [7, 11) is 0. The van der Waals surface area contributed by atoms with E-state index < -0.39 is 23.6 Å². The van der Waals surface area contributed by atoms with Crippen molar-refractivity contribution in [3.8, 4) is 5.75 Å². The molecule has 6 nitrogen and oxygen atoms in total. The molecule has 3 aromatic rings. The van der Waals surface area contributed by atoms with Crippen LogP contribution in [0.25, 0.3) is 0 Å². The second kappa shape index (κ2) is 10.2. The van der Waals surface area contributed by atoms with Crippen molar-refractivity contribution in [2.75, 3.05) is 11.1 Å². The van der Waals surface area contributed by atoms with Gasteiger partial charge in [-0.1, -0.05) is 17.8 Å². The highest BCUT2D eigenvalue weighted by Gasteiger charge is 2.20. The normalized spacial score (nSPS) is 11.7. The van der Waals surface area contributed by atoms with E-state index >= 15 is 0 Å². The zero-order chi connectivity index (χ0) is 22.4. The van der Waals surface area contributed by atoms with Crippen LogP contribution >= 0.6 is 11.8 Å². The van der Waals surface area contributed by atoms with Gasteiger partial charge in [-0.2, -0.15) is 0 Å². The largest absolute Gasteiger partial charge is 0.483 e. The summed E-state index contributed by atoms with van der Waals surface area (Å²) in [5.74, 6) is -1.43. The first-order chi connectivity index (χ1) is 14.9. The summed E-state index contributed by atoms with van der Waals surface area (Å²) in [6, 6.07) is 8.40. The maximum absolute atomic E-state index is 13.7. The number of aromatic nitrogens is 3. The maximum Gasteiger partial charge on any atom is 0.234 e. The fourth-order valence-electron chi connectivity index (χ4n) is 2.69. The molecular formula is C21H19F3N4O2S. The van der Waals surface area contributed by atoms with Crippen molar-refractivity contribution in [2.24, 2.45) is 0 Å². The third-order valence-electron chi connectivity index (χ3n) is 4.08. The number of anilines is 1. The SMILES string of the molecule is C=CCn1c(SCC(=O)Nc2cc(F)ccc2F)nnc1C(C)Oc1ccc(F)cc1. The van der Waals surface area contributed by atoms with Crippen molar-refractivity contribution < 1.29 is 22.7 Å². The number of rotatable bonds is 9. The van der Waals surface area contributed by atoms with E-state index in [-0.39, 0.29) is 17.3 Å². The third-order valence-corrected chi connectivity index (χ3v) is 5.05. The minimum atomic E-state index is -0.733. The lowest BCUT2D eigenvalue weighted by Crippen LogP contribution is -2.16. The number of ether oxygens (including phenoxy) is 1. The van der Waals surface area contributed by atoms with Crippen LogP contribution in [0, 0.1) is 17.5 Å². The molecule has 2 aromatic carbocycles. The fourth-order valence-corrected chi connectivity index (χ4v) is 3.44. The Labute approximate surface area is 181 Å². The number of hydrogen-bond acceptors (Lipinski definition) is 5. The molecule has 0 fully saturated rings. The number of nitrogens with zero attached hydrogens (tertiary/aromatic N) is 3. The van der Waals surface area contributed by atoms with Crippen molar-refractivity contribution in [2.45, 2.75) is 24.7 Å². The van der Waals surface area contributed by atoms with E-state index in [9.17, 15) is 18.0 Å². The fraction of sp³-hybridized carbons (Fsp3) is 0.190. The minimum Gasteiger partial charge on any atom is -0.483 e. The Morgan fingerprint density at radius 2 is 1.90 bits per heavy atom. The van der Waals surface area contributed by atoms with E-state index in [0.29, 0.717) is 23.3 Å². The Kier molecular flexibility index (Phi) is 7.35. The molecule has 10 heteroatoms. The maximum atomic E-state index is 13.7. The first kappa shape index (κ1) is 22.4. The lowest BCUT2D eigenvalue weighted by Gasteiger charge is -2.15. The summed E-state index contributed by atoms with van der Waals surface area (Å²) < 4.78 is 47.5. The monoisotopic (exact) mass is 448 g/mol. The van der Waals surface area contributed by atoms with Crippen LogP contribution in [0.1, 0.15) is 18.9 Å². The van der Waals surface area contributed by atoms with Crippen molar-refractivity contribution in [3.05, 3.63) is 78.4 Å². The van der Waals surface area contributed by atoms with E-state index in [4.69, 9.17) is 4.74 Å². The van der Waals surface area contributed by atoms with Gasteiger partial charge in [-0.05, 0) is 43.3 Å². The van der Waals surface area contributed by atoms with Crippen LogP contribution in [0.4, 0.5) is 18.9 Å². The first-order valence-corrected chi connectivity index (χ1v) is 10.2. The molecule has 1 atom stereocenters. The molecule has 0 aliphatic rings. The Balaban J connectivity index is 1.68. The predicted octanol–water partition coefficient (Wildman–Crippen LogP) is 4.75. The molecule has 3 rings (SSSR count). The Bertz CT molecular complexity index is 1070. The van der Waals surface area contributed by atoms with Gasteiger partial charge in [0, 0.05) is 12.6 Å². The Morgan fingerprint density at radius 3 is 2.61 bits per heavy atom. The predicted molar refractivity (Wildman–Crippen MR) is 111 cm³/mol. The molecule has 0 saturated carbocycles. The molecule has 1 amide bonds. The Hall–Kier alpha value is -3.27. The molecule has 1 N–H and O–H groups in total. The highest BCUT2D eigenvalue weighted by atomic mass is 32.2. The van der Waals surface area contributed by atoms with Crippen LogP contribution in [0.5, 0.6) is 5.75 Å². The number of benzene rings is 2. The molecule has 31 heavy (non-hydrogen) atoms. The van der Waals surface area contributed by atoms with Crippen molar-refractivity contribution in [3.63, 3.8) is 0 Å². The lowest BCUT2D eigenvalue weighted by molar-refractivity contribution is -0.113. The third kappa shape index (κ3) is 5.88. The van der Waals surface area contributed by atoms with Crippen molar-refractivity contribution in [1.82, 2.24) is 14.8 Å². The Morgan fingerprint density at radius 1 is 1.19 bits per heavy atom. The average Bonchev–Trinajstić information content (AvgIpc) is 3.14. The van der Waals surface area contributed by atoms with E-state index in [1.54, 1.807) is 17.6 Å². The minimum absolute atomic E-state index is 0.0988. The van der Waals surface area contributed by atoms with Gasteiger partial charge >= 0.3 is 0 Å². The molecule has 0 bridgehead atoms. The van der Waals surface area contributed by atoms with Gasteiger partial charge in [-0.15, -0.1) is 16.8 Å². The topological polar surface area (TPSA) is 69.0 Å². The summed E-state index contributed by atoms with van der Waals surface area (Å²) in [6.07, 6.45) is 1.13. The van der Waals surface area contributed by atoms with Crippen molar-refractivity contribution in [1.29, 1.82) is 0 Å². The van der Waals surface area contributed by atoms with Gasteiger partial charge in [0.15, 0.2) is 17.1 Å². The standard InChI is InChI=1S/C21H19F3N4O2S/c1-3-10-28-20(13(2)30-16-7-4-14(22)5-8-16)26-27-21(28)31-12-19(29)25-18-11-15(23)6-9-17(18)24/h3-9,11,13H,1,10,12H2,2H3,(H,25,29). The molecule has 0 aliphatic carbocycles. The molecule has 1 aromatic heterocycles. The van der Waals surface area contributed by atoms with E-state index in [1.165, 1.54) is 24.3 Å². The molecule has 0 spiro atoms. The number of allylic oxidation sites excluding steroid dienone is 1. The summed E-state index contributed by atoms with van der Waals surface area (Å²) in [6.45, 7) is 5.84. The second-order valence-electron chi connectivity index (χ2n) is 6.42. The van der Waals surface area contributed by atoms with Gasteiger partial charge in [0.2, 0.25) is 5.91 Å². The number of halogens is 3.